The van der Waals surface area contributed by atoms with Gasteiger partial charge < -0.3 is 5.73 Å². The van der Waals surface area contributed by atoms with E-state index in [0.29, 0.717) is 11.6 Å². The van der Waals surface area contributed by atoms with Crippen LogP contribution in [0, 0.1) is 0 Å². The van der Waals surface area contributed by atoms with E-state index in [4.69, 9.17) is 28.9 Å². The van der Waals surface area contributed by atoms with E-state index in [-0.39, 0.29) is 34.4 Å². The summed E-state index contributed by atoms with van der Waals surface area (Å²) < 4.78 is 27.1. The van der Waals surface area contributed by atoms with Crippen LogP contribution in [0.4, 0.5) is 0 Å². The molecule has 0 aliphatic carbocycles. The van der Waals surface area contributed by atoms with Crippen LogP contribution in [0.3, 0.4) is 0 Å². The minimum absolute atomic E-state index is 0. The van der Waals surface area contributed by atoms with E-state index in [1.54, 1.807) is 6.07 Å². The van der Waals surface area contributed by atoms with Crippen molar-refractivity contribution in [2.45, 2.75) is 43.2 Å². The molecular formula is C13H19Cl3N2O2S. The molecule has 1 aromatic carbocycles. The lowest BCUT2D eigenvalue weighted by Gasteiger charge is -2.37. The van der Waals surface area contributed by atoms with Gasteiger partial charge in [0.15, 0.2) is 0 Å². The summed E-state index contributed by atoms with van der Waals surface area (Å²) in [5, 5.41) is 0.533. The van der Waals surface area contributed by atoms with E-state index in [2.05, 4.69) is 0 Å². The Hall–Kier alpha value is -0.0400. The molecule has 1 aliphatic heterocycles. The molecule has 0 bridgehead atoms. The molecule has 21 heavy (non-hydrogen) atoms. The highest BCUT2D eigenvalue weighted by Gasteiger charge is 2.36. The summed E-state index contributed by atoms with van der Waals surface area (Å²) in [5.41, 5.74) is 5.94. The summed E-state index contributed by atoms with van der Waals surface area (Å²) in [6, 6.07) is 4.06. The van der Waals surface area contributed by atoms with Crippen molar-refractivity contribution in [3.8, 4) is 0 Å². The summed E-state index contributed by atoms with van der Waals surface area (Å²) in [6.45, 7) is 2.30. The zero-order valence-corrected chi connectivity index (χ0v) is 14.8. The van der Waals surface area contributed by atoms with E-state index in [1.807, 2.05) is 6.92 Å². The SMILES string of the molecule is CC(N)C1CCCCN1S(=O)(=O)c1cc(Cl)ccc1Cl.Cl. The molecule has 1 fully saturated rings. The Morgan fingerprint density at radius 1 is 1.33 bits per heavy atom. The molecule has 2 N–H and O–H groups in total. The molecule has 0 amide bonds. The molecule has 1 aliphatic rings. The number of sulfonamides is 1. The van der Waals surface area contributed by atoms with Gasteiger partial charge in [0.1, 0.15) is 4.90 Å². The van der Waals surface area contributed by atoms with Gasteiger partial charge in [0.05, 0.1) is 5.02 Å². The third-order valence-corrected chi connectivity index (χ3v) is 6.23. The summed E-state index contributed by atoms with van der Waals surface area (Å²) in [7, 11) is -3.67. The van der Waals surface area contributed by atoms with Gasteiger partial charge in [-0.2, -0.15) is 4.31 Å². The summed E-state index contributed by atoms with van der Waals surface area (Å²) in [5.74, 6) is 0. The molecule has 8 heteroatoms. The topological polar surface area (TPSA) is 63.4 Å². The molecule has 0 aromatic heterocycles. The van der Waals surface area contributed by atoms with E-state index < -0.39 is 10.0 Å². The minimum Gasteiger partial charge on any atom is -0.326 e. The van der Waals surface area contributed by atoms with Crippen LogP contribution in [0.15, 0.2) is 23.1 Å². The first-order chi connectivity index (χ1) is 9.34. The van der Waals surface area contributed by atoms with Crippen molar-refractivity contribution in [2.24, 2.45) is 5.73 Å². The Morgan fingerprint density at radius 2 is 2.00 bits per heavy atom. The monoisotopic (exact) mass is 372 g/mol. The van der Waals surface area contributed by atoms with E-state index in [1.165, 1.54) is 16.4 Å². The van der Waals surface area contributed by atoms with E-state index >= 15 is 0 Å². The van der Waals surface area contributed by atoms with Crippen LogP contribution in [0.1, 0.15) is 26.2 Å². The van der Waals surface area contributed by atoms with Gasteiger partial charge >= 0.3 is 0 Å². The molecular weight excluding hydrogens is 355 g/mol. The second-order valence-electron chi connectivity index (χ2n) is 5.11. The van der Waals surface area contributed by atoms with Crippen molar-refractivity contribution in [1.82, 2.24) is 4.31 Å². The highest BCUT2D eigenvalue weighted by Crippen LogP contribution is 2.32. The molecule has 4 nitrogen and oxygen atoms in total. The zero-order valence-electron chi connectivity index (χ0n) is 11.6. The van der Waals surface area contributed by atoms with Crippen LogP contribution in [-0.4, -0.2) is 31.4 Å². The normalized spacial score (nSPS) is 21.6. The fourth-order valence-corrected chi connectivity index (χ4v) is 5.07. The molecule has 1 saturated heterocycles. The Labute approximate surface area is 142 Å². The van der Waals surface area contributed by atoms with Crippen molar-refractivity contribution in [3.63, 3.8) is 0 Å². The number of hydrogen-bond donors (Lipinski definition) is 1. The smallest absolute Gasteiger partial charge is 0.244 e. The fourth-order valence-electron chi connectivity index (χ4n) is 2.56. The lowest BCUT2D eigenvalue weighted by Crippen LogP contribution is -2.51. The number of piperidine rings is 1. The van der Waals surface area contributed by atoms with Gasteiger partial charge in [0, 0.05) is 23.7 Å². The lowest BCUT2D eigenvalue weighted by molar-refractivity contribution is 0.227. The first-order valence-electron chi connectivity index (χ1n) is 6.56. The largest absolute Gasteiger partial charge is 0.326 e. The van der Waals surface area contributed by atoms with Crippen molar-refractivity contribution >= 4 is 45.6 Å². The van der Waals surface area contributed by atoms with E-state index in [0.717, 1.165) is 19.3 Å². The van der Waals surface area contributed by atoms with Gasteiger partial charge in [-0.05, 0) is 38.0 Å². The van der Waals surface area contributed by atoms with Crippen LogP contribution in [0.25, 0.3) is 0 Å². The molecule has 0 radical (unpaired) electrons. The van der Waals surface area contributed by atoms with Gasteiger partial charge in [-0.15, -0.1) is 12.4 Å². The summed E-state index contributed by atoms with van der Waals surface area (Å²) >= 11 is 11.9. The highest BCUT2D eigenvalue weighted by atomic mass is 35.5. The van der Waals surface area contributed by atoms with Gasteiger partial charge in [-0.3, -0.25) is 0 Å². The third-order valence-electron chi connectivity index (χ3n) is 3.59. The number of halogens is 3. The highest BCUT2D eigenvalue weighted by molar-refractivity contribution is 7.89. The molecule has 1 heterocycles. The first kappa shape index (κ1) is 19.0. The maximum atomic E-state index is 12.8. The molecule has 2 atom stereocenters. The average molecular weight is 374 g/mol. The number of nitrogens with two attached hydrogens (primary N) is 1. The van der Waals surface area contributed by atoms with Crippen LogP contribution in [0.5, 0.6) is 0 Å². The standard InChI is InChI=1S/C13H18Cl2N2O2S.ClH/c1-9(16)12-4-2-3-7-17(12)20(18,19)13-8-10(14)5-6-11(13)15;/h5-6,8-9,12H,2-4,7,16H2,1H3;1H. The predicted molar refractivity (Wildman–Crippen MR) is 88.9 cm³/mol. The lowest BCUT2D eigenvalue weighted by atomic mass is 10.00. The molecule has 2 unspecified atom stereocenters. The van der Waals surface area contributed by atoms with Crippen LogP contribution < -0.4 is 5.73 Å². The Balaban J connectivity index is 0.00000220. The second-order valence-corrected chi connectivity index (χ2v) is 7.82. The van der Waals surface area contributed by atoms with Gasteiger partial charge in [-0.1, -0.05) is 29.6 Å². The Kier molecular flexibility index (Phi) is 6.78. The molecule has 0 saturated carbocycles. The minimum atomic E-state index is -3.67. The predicted octanol–water partition coefficient (Wildman–Crippen LogP) is 3.31. The van der Waals surface area contributed by atoms with Gasteiger partial charge in [-0.25, -0.2) is 8.42 Å². The molecule has 2 rings (SSSR count). The van der Waals surface area contributed by atoms with Gasteiger partial charge in [0.2, 0.25) is 10.0 Å². The number of nitrogens with zero attached hydrogens (tertiary/aromatic N) is 1. The zero-order chi connectivity index (χ0) is 14.9. The van der Waals surface area contributed by atoms with Crippen LogP contribution >= 0.6 is 35.6 Å². The number of benzene rings is 1. The van der Waals surface area contributed by atoms with Crippen LogP contribution in [-0.2, 0) is 10.0 Å². The number of hydrogen-bond acceptors (Lipinski definition) is 3. The van der Waals surface area contributed by atoms with Crippen molar-refractivity contribution in [3.05, 3.63) is 28.2 Å². The summed E-state index contributed by atoms with van der Waals surface area (Å²) in [6.07, 6.45) is 2.59. The molecule has 120 valence electrons. The van der Waals surface area contributed by atoms with Crippen molar-refractivity contribution in [2.75, 3.05) is 6.54 Å². The molecule has 0 spiro atoms. The van der Waals surface area contributed by atoms with Crippen LogP contribution in [0.2, 0.25) is 10.0 Å². The van der Waals surface area contributed by atoms with E-state index in [9.17, 15) is 8.42 Å². The maximum absolute atomic E-state index is 12.8. The Bertz CT molecular complexity index is 593. The maximum Gasteiger partial charge on any atom is 0.244 e. The first-order valence-corrected chi connectivity index (χ1v) is 8.76. The Morgan fingerprint density at radius 3 is 2.62 bits per heavy atom. The van der Waals surface area contributed by atoms with Crippen molar-refractivity contribution < 1.29 is 8.42 Å². The fraction of sp³-hybridized carbons (Fsp3) is 0.538. The third kappa shape index (κ3) is 4.03. The second kappa shape index (κ2) is 7.49. The molecule has 1 aromatic rings. The van der Waals surface area contributed by atoms with Gasteiger partial charge in [0.25, 0.3) is 0 Å². The quantitative estimate of drug-likeness (QED) is 0.884. The van der Waals surface area contributed by atoms with Crippen molar-refractivity contribution in [1.29, 1.82) is 0 Å². The number of rotatable bonds is 3. The average Bonchev–Trinajstić information content (AvgIpc) is 2.41. The summed E-state index contributed by atoms with van der Waals surface area (Å²) in [4.78, 5) is 0.0548.